The van der Waals surface area contributed by atoms with Crippen LogP contribution in [0.25, 0.3) is 0 Å². The number of para-hydroxylation sites is 1. The molecule has 0 saturated carbocycles. The molecule has 3 N–H and O–H groups in total. The highest BCUT2D eigenvalue weighted by Crippen LogP contribution is 2.27. The zero-order chi connectivity index (χ0) is 31.4. The average Bonchev–Trinajstić information content (AvgIpc) is 3.26. The topological polar surface area (TPSA) is 178 Å². The maximum Gasteiger partial charge on any atom is 0.301 e. The molecule has 0 aromatic heterocycles. The molecule has 0 aliphatic carbocycles. The van der Waals surface area contributed by atoms with Gasteiger partial charge in [0.2, 0.25) is 10.0 Å². The van der Waals surface area contributed by atoms with Crippen molar-refractivity contribution in [1.82, 2.24) is 10.0 Å². The predicted molar refractivity (Wildman–Crippen MR) is 164 cm³/mol. The van der Waals surface area contributed by atoms with Gasteiger partial charge in [0.1, 0.15) is 0 Å². The molecule has 0 fully saturated rings. The van der Waals surface area contributed by atoms with E-state index in [4.69, 9.17) is 0 Å². The lowest BCUT2D eigenvalue weighted by Gasteiger charge is -2.24. The second kappa shape index (κ2) is 12.8. The molecule has 15 heteroatoms. The number of hydrogen-bond donors (Lipinski definition) is 3. The van der Waals surface area contributed by atoms with Gasteiger partial charge in [-0.25, -0.2) is 18.1 Å². The fourth-order valence-electron chi connectivity index (χ4n) is 4.22. The number of hydrazone groups is 1. The van der Waals surface area contributed by atoms with E-state index in [1.54, 1.807) is 49.4 Å². The first-order valence-electron chi connectivity index (χ1n) is 13.0. The van der Waals surface area contributed by atoms with Crippen molar-refractivity contribution in [3.63, 3.8) is 0 Å². The lowest BCUT2D eigenvalue weighted by molar-refractivity contribution is -0.112. The second-order valence-electron chi connectivity index (χ2n) is 9.54. The summed E-state index contributed by atoms with van der Waals surface area (Å²) < 4.78 is 57.8. The summed E-state index contributed by atoms with van der Waals surface area (Å²) in [5, 5.41) is 7.94. The number of hydrogen-bond acceptors (Lipinski definition) is 9. The van der Waals surface area contributed by atoms with Crippen molar-refractivity contribution < 1.29 is 31.0 Å². The molecule has 1 aliphatic heterocycles. The van der Waals surface area contributed by atoms with Crippen LogP contribution < -0.4 is 19.9 Å². The minimum absolute atomic E-state index is 0.0895. The first-order valence-corrected chi connectivity index (χ1v) is 16.4. The van der Waals surface area contributed by atoms with Crippen LogP contribution in [0, 0.1) is 6.92 Å². The molecule has 43 heavy (non-hydrogen) atoms. The number of aryl methyl sites for hydroxylation is 1. The van der Waals surface area contributed by atoms with Gasteiger partial charge >= 0.3 is 5.91 Å². The monoisotopic (exact) mass is 626 g/mol. The molecule has 0 atom stereocenters. The lowest BCUT2D eigenvalue weighted by Crippen LogP contribution is -2.37. The fraction of sp³-hybridized carbons (Fsp3) is 0.214. The predicted octanol–water partition coefficient (Wildman–Crippen LogP) is 2.48. The normalized spacial score (nSPS) is 14.6. The van der Waals surface area contributed by atoms with Gasteiger partial charge < -0.3 is 10.2 Å². The molecule has 226 valence electrons. The second-order valence-corrected chi connectivity index (χ2v) is 12.8. The molecule has 13 nitrogen and oxygen atoms in total. The van der Waals surface area contributed by atoms with Crippen molar-refractivity contribution in [2.24, 2.45) is 10.1 Å². The summed E-state index contributed by atoms with van der Waals surface area (Å²) in [6.45, 7) is 5.02. The number of rotatable bonds is 10. The van der Waals surface area contributed by atoms with Crippen molar-refractivity contribution in [2.45, 2.75) is 18.7 Å². The fourth-order valence-corrected chi connectivity index (χ4v) is 5.21. The number of anilines is 2. The summed E-state index contributed by atoms with van der Waals surface area (Å²) >= 11 is 0. The molecule has 0 spiro atoms. The Morgan fingerprint density at radius 1 is 1.02 bits per heavy atom. The molecule has 4 rings (SSSR count). The number of amides is 2. The zero-order valence-electron chi connectivity index (χ0n) is 23.6. The van der Waals surface area contributed by atoms with Crippen molar-refractivity contribution in [2.75, 3.05) is 35.8 Å². The van der Waals surface area contributed by atoms with Crippen molar-refractivity contribution in [3.05, 3.63) is 83.9 Å². The van der Waals surface area contributed by atoms with Crippen LogP contribution in [0.1, 0.15) is 22.8 Å². The smallest absolute Gasteiger partial charge is 0.301 e. The zero-order valence-corrected chi connectivity index (χ0v) is 25.2. The minimum atomic E-state index is -4.55. The number of sulfonamides is 1. The van der Waals surface area contributed by atoms with Crippen LogP contribution in [0.5, 0.6) is 0 Å². The van der Waals surface area contributed by atoms with E-state index in [0.717, 1.165) is 29.1 Å². The van der Waals surface area contributed by atoms with Gasteiger partial charge in [-0.05, 0) is 67.9 Å². The van der Waals surface area contributed by atoms with Crippen molar-refractivity contribution in [1.29, 1.82) is 0 Å². The molecule has 0 saturated heterocycles. The number of benzene rings is 3. The lowest BCUT2D eigenvalue weighted by atomic mass is 10.1. The van der Waals surface area contributed by atoms with E-state index in [-0.39, 0.29) is 23.7 Å². The van der Waals surface area contributed by atoms with E-state index in [0.29, 0.717) is 30.0 Å². The number of nitrogens with zero attached hydrogens (tertiary/aromatic N) is 4. The molecule has 0 radical (unpaired) electrons. The first kappa shape index (κ1) is 31.5. The van der Waals surface area contributed by atoms with Gasteiger partial charge in [-0.2, -0.15) is 13.4 Å². The van der Waals surface area contributed by atoms with E-state index in [2.05, 4.69) is 20.1 Å². The minimum Gasteiger partial charge on any atom is -0.370 e. The Hall–Kier alpha value is -4.44. The van der Waals surface area contributed by atoms with Gasteiger partial charge in [0.05, 0.1) is 22.5 Å². The largest absolute Gasteiger partial charge is 0.370 e. The number of amidine groups is 1. The molecule has 0 unspecified atom stereocenters. The number of nitrogens with one attached hydrogen (secondary N) is 2. The third kappa shape index (κ3) is 7.90. The van der Waals surface area contributed by atoms with Gasteiger partial charge in [0, 0.05) is 30.9 Å². The summed E-state index contributed by atoms with van der Waals surface area (Å²) in [6.07, 6.45) is 1.10. The molecule has 0 bridgehead atoms. The molecular formula is C28H30N6O7S2. The number of carbonyl (C=O) groups excluding carboxylic acids is 2. The maximum absolute atomic E-state index is 13.5. The quantitative estimate of drug-likeness (QED) is 0.287. The SMILES string of the molecule is CCN(CCNS(C)(=O)=O)c1ccc(/N=C2\C(=O)N(c3ccccc3)N=C2NC(=O)c2cccc(S(=O)(=O)O)c2)c(C)c1. The van der Waals surface area contributed by atoms with E-state index in [9.17, 15) is 31.0 Å². The Bertz CT molecular complexity index is 1820. The van der Waals surface area contributed by atoms with Crippen LogP contribution in [-0.4, -0.2) is 70.6 Å². The highest BCUT2D eigenvalue weighted by atomic mass is 32.2. The number of carbonyl (C=O) groups is 2. The molecule has 3 aromatic rings. The summed E-state index contributed by atoms with van der Waals surface area (Å²) in [5.74, 6) is -1.52. The van der Waals surface area contributed by atoms with Crippen LogP contribution in [0.2, 0.25) is 0 Å². The van der Waals surface area contributed by atoms with E-state index < -0.39 is 36.9 Å². The average molecular weight is 627 g/mol. The Morgan fingerprint density at radius 3 is 2.37 bits per heavy atom. The first-order chi connectivity index (χ1) is 20.3. The Balaban J connectivity index is 1.66. The van der Waals surface area contributed by atoms with E-state index in [1.165, 1.54) is 12.1 Å². The Kier molecular flexibility index (Phi) is 9.40. The van der Waals surface area contributed by atoms with Crippen molar-refractivity contribution >= 4 is 60.6 Å². The Labute approximate surface area is 249 Å². The van der Waals surface area contributed by atoms with Crippen LogP contribution in [-0.2, 0) is 24.9 Å². The Morgan fingerprint density at radius 2 is 1.74 bits per heavy atom. The molecule has 2 amide bonds. The maximum atomic E-state index is 13.5. The molecular weight excluding hydrogens is 596 g/mol. The third-order valence-corrected chi connectivity index (χ3v) is 7.93. The summed E-state index contributed by atoms with van der Waals surface area (Å²) in [4.78, 5) is 32.7. The van der Waals surface area contributed by atoms with Gasteiger partial charge in [0.25, 0.3) is 16.0 Å². The van der Waals surface area contributed by atoms with Gasteiger partial charge in [-0.3, -0.25) is 14.1 Å². The summed E-state index contributed by atoms with van der Waals surface area (Å²) in [7, 11) is -7.87. The van der Waals surface area contributed by atoms with Crippen LogP contribution in [0.3, 0.4) is 0 Å². The molecule has 1 heterocycles. The standard InChI is InChI=1S/C28H30N6O7S2/c1-4-33(16-15-29-42(3,37)38)22-13-14-24(19(2)17-22)30-25-26(32-34(28(25)36)21-10-6-5-7-11-21)31-27(35)20-9-8-12-23(18-20)43(39,40)41/h5-14,17-18,29H,4,15-16H2,1-3H3,(H,31,32,35)(H,39,40,41)/b30-25-. The van der Waals surface area contributed by atoms with Crippen LogP contribution in [0.4, 0.5) is 17.1 Å². The summed E-state index contributed by atoms with van der Waals surface area (Å²) in [5.41, 5.74) is 2.16. The number of likely N-dealkylation sites (N-methyl/N-ethyl adjacent to an activating group) is 1. The third-order valence-electron chi connectivity index (χ3n) is 6.35. The van der Waals surface area contributed by atoms with Crippen LogP contribution in [0.15, 0.2) is 87.8 Å². The van der Waals surface area contributed by atoms with Crippen molar-refractivity contribution in [3.8, 4) is 0 Å². The number of aliphatic imine (C=N–C) groups is 1. The highest BCUT2D eigenvalue weighted by molar-refractivity contribution is 7.88. The van der Waals surface area contributed by atoms with Gasteiger partial charge in [-0.1, -0.05) is 24.3 Å². The van der Waals surface area contributed by atoms with Gasteiger partial charge in [-0.15, -0.1) is 5.10 Å². The van der Waals surface area contributed by atoms with Gasteiger partial charge in [0.15, 0.2) is 11.5 Å². The molecule has 3 aromatic carbocycles. The van der Waals surface area contributed by atoms with Crippen LogP contribution >= 0.6 is 0 Å². The van der Waals surface area contributed by atoms with E-state index >= 15 is 0 Å². The van der Waals surface area contributed by atoms with E-state index in [1.807, 2.05) is 17.9 Å². The highest BCUT2D eigenvalue weighted by Gasteiger charge is 2.34. The molecule has 1 aliphatic rings. The summed E-state index contributed by atoms with van der Waals surface area (Å²) in [6, 6.07) is 18.7.